The molecule has 2 N–H and O–H groups in total. The fourth-order valence-electron chi connectivity index (χ4n) is 3.84. The number of hydrogen-bond donors (Lipinski definition) is 2. The van der Waals surface area contributed by atoms with Crippen molar-refractivity contribution in [2.24, 2.45) is 17.8 Å². The third-order valence-corrected chi connectivity index (χ3v) is 4.86. The minimum absolute atomic E-state index is 0.0225. The van der Waals surface area contributed by atoms with Crippen LogP contribution in [-0.4, -0.2) is 35.7 Å². The van der Waals surface area contributed by atoms with Crippen LogP contribution in [0.25, 0.3) is 0 Å². The molecule has 0 aromatic heterocycles. The molecule has 0 saturated heterocycles. The molecule has 0 bridgehead atoms. The molecule has 1 fully saturated rings. The van der Waals surface area contributed by atoms with E-state index in [4.69, 9.17) is 14.6 Å². The average Bonchev–Trinajstić information content (AvgIpc) is 2.54. The van der Waals surface area contributed by atoms with E-state index < -0.39 is 12.3 Å². The van der Waals surface area contributed by atoms with Crippen LogP contribution in [0.1, 0.15) is 51.9 Å². The molecule has 5 nitrogen and oxygen atoms in total. The lowest BCUT2D eigenvalue weighted by atomic mass is 9.71. The molecule has 0 spiro atoms. The summed E-state index contributed by atoms with van der Waals surface area (Å²) in [5, 5.41) is 18.5. The highest BCUT2D eigenvalue weighted by molar-refractivity contribution is 5.84. The first-order valence-corrected chi connectivity index (χ1v) is 8.51. The minimum Gasteiger partial charge on any atom is -0.475 e. The van der Waals surface area contributed by atoms with E-state index in [-0.39, 0.29) is 24.2 Å². The molecule has 0 amide bonds. The third-order valence-electron chi connectivity index (χ3n) is 4.86. The van der Waals surface area contributed by atoms with Gasteiger partial charge in [-0.1, -0.05) is 19.3 Å². The first-order chi connectivity index (χ1) is 10.7. The Kier molecular flexibility index (Phi) is 6.70. The molecule has 5 heteroatoms. The van der Waals surface area contributed by atoms with Gasteiger partial charge in [-0.25, -0.2) is 4.79 Å². The summed E-state index contributed by atoms with van der Waals surface area (Å²) < 4.78 is 11.3. The SMILES string of the molecule is CCO[C@@H]1OC(C(=O)O)=C[C@H](C2CCCCC2)[C@@H]1CCCO. The quantitative estimate of drug-likeness (QED) is 0.756. The maximum Gasteiger partial charge on any atom is 0.370 e. The Bertz CT molecular complexity index is 387. The smallest absolute Gasteiger partial charge is 0.370 e. The third kappa shape index (κ3) is 4.23. The van der Waals surface area contributed by atoms with E-state index >= 15 is 0 Å². The van der Waals surface area contributed by atoms with Crippen LogP contribution in [0.15, 0.2) is 11.8 Å². The minimum atomic E-state index is -1.02. The molecular formula is C17H28O5. The number of hydrogen-bond acceptors (Lipinski definition) is 4. The molecule has 1 saturated carbocycles. The number of aliphatic carboxylic acids is 1. The molecule has 0 aromatic rings. The molecule has 2 aliphatic rings. The van der Waals surface area contributed by atoms with Gasteiger partial charge in [0.15, 0.2) is 0 Å². The predicted molar refractivity (Wildman–Crippen MR) is 82.1 cm³/mol. The van der Waals surface area contributed by atoms with Crippen molar-refractivity contribution >= 4 is 5.97 Å². The van der Waals surface area contributed by atoms with Gasteiger partial charge in [-0.05, 0) is 50.5 Å². The van der Waals surface area contributed by atoms with Gasteiger partial charge >= 0.3 is 5.97 Å². The molecular weight excluding hydrogens is 284 g/mol. The van der Waals surface area contributed by atoms with E-state index in [1.165, 1.54) is 19.3 Å². The van der Waals surface area contributed by atoms with Gasteiger partial charge in [0.2, 0.25) is 12.0 Å². The zero-order valence-corrected chi connectivity index (χ0v) is 13.4. The summed E-state index contributed by atoms with van der Waals surface area (Å²) in [6.07, 6.45) is 8.75. The van der Waals surface area contributed by atoms with Crippen molar-refractivity contribution in [2.75, 3.05) is 13.2 Å². The molecule has 1 aliphatic carbocycles. The summed E-state index contributed by atoms with van der Waals surface area (Å²) in [6, 6.07) is 0. The van der Waals surface area contributed by atoms with Gasteiger partial charge in [0.05, 0.1) is 0 Å². The van der Waals surface area contributed by atoms with Crippen LogP contribution >= 0.6 is 0 Å². The summed E-state index contributed by atoms with van der Waals surface area (Å²) in [5.74, 6) is -0.208. The molecule has 0 aromatic carbocycles. The van der Waals surface area contributed by atoms with Crippen molar-refractivity contribution in [2.45, 2.75) is 58.2 Å². The van der Waals surface area contributed by atoms with E-state index in [0.717, 1.165) is 19.3 Å². The van der Waals surface area contributed by atoms with E-state index in [2.05, 4.69) is 0 Å². The monoisotopic (exact) mass is 312 g/mol. The number of aliphatic hydroxyl groups is 1. The van der Waals surface area contributed by atoms with Crippen LogP contribution in [0.3, 0.4) is 0 Å². The van der Waals surface area contributed by atoms with Crippen LogP contribution in [0.4, 0.5) is 0 Å². The van der Waals surface area contributed by atoms with Crippen LogP contribution in [0, 0.1) is 17.8 Å². The average molecular weight is 312 g/mol. The highest BCUT2D eigenvalue weighted by Crippen LogP contribution is 2.42. The fraction of sp³-hybridized carbons (Fsp3) is 0.824. The normalized spacial score (nSPS) is 29.7. The summed E-state index contributed by atoms with van der Waals surface area (Å²) in [5.41, 5.74) is 0. The molecule has 0 unspecified atom stereocenters. The standard InChI is InChI=1S/C17H28O5/c1-2-21-17-13(9-6-10-18)14(11-15(22-17)16(19)20)12-7-4-3-5-8-12/h11-14,17-18H,2-10H2,1H3,(H,19,20)/t13-,14+,17+/m0/s1. The van der Waals surface area contributed by atoms with Gasteiger partial charge in [0.1, 0.15) is 0 Å². The van der Waals surface area contributed by atoms with Crippen molar-refractivity contribution in [3.63, 3.8) is 0 Å². The molecule has 3 atom stereocenters. The number of rotatable bonds is 7. The predicted octanol–water partition coefficient (Wildman–Crippen LogP) is 2.93. The van der Waals surface area contributed by atoms with E-state index in [1.54, 1.807) is 6.08 Å². The summed E-state index contributed by atoms with van der Waals surface area (Å²) in [6.45, 7) is 2.52. The van der Waals surface area contributed by atoms with Crippen molar-refractivity contribution in [3.8, 4) is 0 Å². The molecule has 0 radical (unpaired) electrons. The second-order valence-electron chi connectivity index (χ2n) is 6.28. The first-order valence-electron chi connectivity index (χ1n) is 8.51. The lowest BCUT2D eigenvalue weighted by Gasteiger charge is -2.41. The van der Waals surface area contributed by atoms with E-state index in [0.29, 0.717) is 18.9 Å². The zero-order valence-electron chi connectivity index (χ0n) is 13.4. The highest BCUT2D eigenvalue weighted by atomic mass is 16.7. The number of aliphatic hydroxyl groups excluding tert-OH is 1. The van der Waals surface area contributed by atoms with Crippen molar-refractivity contribution in [1.29, 1.82) is 0 Å². The number of carbonyl (C=O) groups is 1. The molecule has 22 heavy (non-hydrogen) atoms. The Labute approximate surface area is 132 Å². The second-order valence-corrected chi connectivity index (χ2v) is 6.28. The molecule has 2 rings (SSSR count). The van der Waals surface area contributed by atoms with Crippen LogP contribution in [-0.2, 0) is 14.3 Å². The van der Waals surface area contributed by atoms with Crippen LogP contribution in [0.5, 0.6) is 0 Å². The highest BCUT2D eigenvalue weighted by Gasteiger charge is 2.40. The Balaban J connectivity index is 2.22. The van der Waals surface area contributed by atoms with Gasteiger partial charge in [-0.2, -0.15) is 0 Å². The summed E-state index contributed by atoms with van der Waals surface area (Å²) in [7, 11) is 0. The Hall–Kier alpha value is -1.07. The summed E-state index contributed by atoms with van der Waals surface area (Å²) in [4.78, 5) is 11.4. The zero-order chi connectivity index (χ0) is 15.9. The van der Waals surface area contributed by atoms with Crippen LogP contribution < -0.4 is 0 Å². The van der Waals surface area contributed by atoms with Crippen molar-refractivity contribution in [1.82, 2.24) is 0 Å². The van der Waals surface area contributed by atoms with Gasteiger partial charge in [0.25, 0.3) is 0 Å². The number of ether oxygens (including phenoxy) is 2. The first kappa shape index (κ1) is 17.3. The maximum absolute atomic E-state index is 11.4. The Morgan fingerprint density at radius 3 is 2.68 bits per heavy atom. The number of allylic oxidation sites excluding steroid dienone is 1. The van der Waals surface area contributed by atoms with Gasteiger partial charge in [-0.15, -0.1) is 0 Å². The largest absolute Gasteiger partial charge is 0.475 e. The lowest BCUT2D eigenvalue weighted by molar-refractivity contribution is -0.182. The Morgan fingerprint density at radius 2 is 2.09 bits per heavy atom. The topological polar surface area (TPSA) is 76.0 Å². The van der Waals surface area contributed by atoms with Crippen molar-refractivity contribution in [3.05, 3.63) is 11.8 Å². The number of carboxylic acid groups (broad SMARTS) is 1. The molecule has 1 heterocycles. The lowest BCUT2D eigenvalue weighted by Crippen LogP contribution is -2.40. The van der Waals surface area contributed by atoms with E-state index in [1.807, 2.05) is 6.92 Å². The molecule has 1 aliphatic heterocycles. The maximum atomic E-state index is 11.4. The van der Waals surface area contributed by atoms with Crippen LogP contribution in [0.2, 0.25) is 0 Å². The number of carboxylic acids is 1. The van der Waals surface area contributed by atoms with Gasteiger partial charge < -0.3 is 19.7 Å². The Morgan fingerprint density at radius 1 is 1.36 bits per heavy atom. The second kappa shape index (κ2) is 8.53. The summed E-state index contributed by atoms with van der Waals surface area (Å²) >= 11 is 0. The van der Waals surface area contributed by atoms with E-state index in [9.17, 15) is 9.90 Å². The fourth-order valence-corrected chi connectivity index (χ4v) is 3.84. The van der Waals surface area contributed by atoms with Crippen molar-refractivity contribution < 1.29 is 24.5 Å². The molecule has 126 valence electrons. The van der Waals surface area contributed by atoms with Gasteiger partial charge in [0, 0.05) is 19.1 Å². The van der Waals surface area contributed by atoms with Gasteiger partial charge in [-0.3, -0.25) is 0 Å².